The normalized spacial score (nSPS) is 26.1. The molecule has 1 aromatic rings. The van der Waals surface area contributed by atoms with Crippen LogP contribution in [0, 0.1) is 6.92 Å². The fourth-order valence-corrected chi connectivity index (χ4v) is 2.79. The maximum atomic E-state index is 11.0. The van der Waals surface area contributed by atoms with Crippen LogP contribution in [0.15, 0.2) is 12.4 Å². The lowest BCUT2D eigenvalue weighted by atomic mass is 10.2. The Bertz CT molecular complexity index is 466. The van der Waals surface area contributed by atoms with Crippen molar-refractivity contribution in [3.63, 3.8) is 0 Å². The fraction of sp³-hybridized carbons (Fsp3) is 0.700. The lowest BCUT2D eigenvalue weighted by Gasteiger charge is -2.11. The van der Waals surface area contributed by atoms with Gasteiger partial charge in [-0.15, -0.1) is 0 Å². The standard InChI is InChI=1S/C10H16N2O3S/c1-8-6-11-12(7-8)9-3-4-10(5-9)15-16(2,13)14/h6-7,9-10H,3-5H2,1-2H3/t9-,10-/m0/s1. The van der Waals surface area contributed by atoms with Gasteiger partial charge in [0.05, 0.1) is 24.6 Å². The first-order valence-corrected chi connectivity index (χ1v) is 7.15. The summed E-state index contributed by atoms with van der Waals surface area (Å²) in [7, 11) is -3.34. The highest BCUT2D eigenvalue weighted by Crippen LogP contribution is 2.32. The van der Waals surface area contributed by atoms with Gasteiger partial charge in [-0.05, 0) is 31.7 Å². The molecule has 1 heterocycles. The van der Waals surface area contributed by atoms with Crippen LogP contribution in [-0.4, -0.2) is 30.6 Å². The van der Waals surface area contributed by atoms with E-state index >= 15 is 0 Å². The highest BCUT2D eigenvalue weighted by molar-refractivity contribution is 7.86. The van der Waals surface area contributed by atoms with E-state index in [1.807, 2.05) is 24.0 Å². The second kappa shape index (κ2) is 4.18. The molecule has 0 N–H and O–H groups in total. The largest absolute Gasteiger partial charge is 0.269 e. The molecule has 0 spiro atoms. The van der Waals surface area contributed by atoms with Crippen molar-refractivity contribution in [1.82, 2.24) is 9.78 Å². The first-order chi connectivity index (χ1) is 7.44. The van der Waals surface area contributed by atoms with E-state index in [1.54, 1.807) is 0 Å². The Morgan fingerprint density at radius 1 is 1.50 bits per heavy atom. The Morgan fingerprint density at radius 3 is 2.81 bits per heavy atom. The molecule has 16 heavy (non-hydrogen) atoms. The van der Waals surface area contributed by atoms with Gasteiger partial charge in [0.1, 0.15) is 0 Å². The molecule has 0 unspecified atom stereocenters. The third-order valence-corrected chi connectivity index (χ3v) is 3.39. The summed E-state index contributed by atoms with van der Waals surface area (Å²) < 4.78 is 28.9. The molecule has 1 aromatic heterocycles. The van der Waals surface area contributed by atoms with Crippen molar-refractivity contribution in [3.05, 3.63) is 18.0 Å². The van der Waals surface area contributed by atoms with E-state index in [0.29, 0.717) is 6.42 Å². The SMILES string of the molecule is Cc1cnn([C@H]2CC[C@H](OS(C)(=O)=O)C2)c1. The van der Waals surface area contributed by atoms with Crippen LogP contribution in [0.5, 0.6) is 0 Å². The second-order valence-corrected chi connectivity index (χ2v) is 5.99. The van der Waals surface area contributed by atoms with Crippen molar-refractivity contribution in [2.24, 2.45) is 0 Å². The smallest absolute Gasteiger partial charge is 0.264 e. The van der Waals surface area contributed by atoms with Crippen molar-refractivity contribution >= 4 is 10.1 Å². The lowest BCUT2D eigenvalue weighted by molar-refractivity contribution is 0.213. The summed E-state index contributed by atoms with van der Waals surface area (Å²) in [5, 5.41) is 4.24. The Morgan fingerprint density at radius 2 is 2.25 bits per heavy atom. The van der Waals surface area contributed by atoms with Gasteiger partial charge in [0, 0.05) is 6.20 Å². The summed E-state index contributed by atoms with van der Waals surface area (Å²) in [5.74, 6) is 0. The van der Waals surface area contributed by atoms with Crippen LogP contribution >= 0.6 is 0 Å². The van der Waals surface area contributed by atoms with E-state index in [1.165, 1.54) is 0 Å². The first-order valence-electron chi connectivity index (χ1n) is 5.33. The Kier molecular flexibility index (Phi) is 3.03. The molecule has 5 nitrogen and oxygen atoms in total. The van der Waals surface area contributed by atoms with Gasteiger partial charge in [-0.3, -0.25) is 8.86 Å². The van der Waals surface area contributed by atoms with E-state index in [2.05, 4.69) is 5.10 Å². The molecule has 0 amide bonds. The molecule has 0 aromatic carbocycles. The van der Waals surface area contributed by atoms with Crippen LogP contribution in [0.4, 0.5) is 0 Å². The predicted octanol–water partition coefficient (Wildman–Crippen LogP) is 1.26. The molecule has 0 bridgehead atoms. The van der Waals surface area contributed by atoms with E-state index in [4.69, 9.17) is 4.18 Å². The van der Waals surface area contributed by atoms with Gasteiger partial charge in [-0.1, -0.05) is 0 Å². The van der Waals surface area contributed by atoms with Crippen LogP contribution in [-0.2, 0) is 14.3 Å². The molecular formula is C10H16N2O3S. The van der Waals surface area contributed by atoms with Gasteiger partial charge in [0.15, 0.2) is 0 Å². The number of hydrogen-bond acceptors (Lipinski definition) is 4. The van der Waals surface area contributed by atoms with Gasteiger partial charge in [0.2, 0.25) is 0 Å². The second-order valence-electron chi connectivity index (χ2n) is 4.39. The molecule has 1 fully saturated rings. The fourth-order valence-electron chi connectivity index (χ4n) is 2.13. The third-order valence-electron chi connectivity index (χ3n) is 2.77. The average Bonchev–Trinajstić information content (AvgIpc) is 2.71. The Balaban J connectivity index is 1.98. The van der Waals surface area contributed by atoms with Gasteiger partial charge in [-0.25, -0.2) is 0 Å². The molecular weight excluding hydrogens is 228 g/mol. The van der Waals surface area contributed by atoms with Crippen molar-refractivity contribution in [1.29, 1.82) is 0 Å². The van der Waals surface area contributed by atoms with Crippen LogP contribution in [0.25, 0.3) is 0 Å². The highest BCUT2D eigenvalue weighted by atomic mass is 32.2. The van der Waals surface area contributed by atoms with E-state index in [0.717, 1.165) is 24.7 Å². The minimum Gasteiger partial charge on any atom is -0.269 e. The maximum Gasteiger partial charge on any atom is 0.264 e. The monoisotopic (exact) mass is 244 g/mol. The van der Waals surface area contributed by atoms with E-state index < -0.39 is 10.1 Å². The van der Waals surface area contributed by atoms with E-state index in [9.17, 15) is 8.42 Å². The topological polar surface area (TPSA) is 61.2 Å². The number of nitrogens with zero attached hydrogens (tertiary/aromatic N) is 2. The first kappa shape index (κ1) is 11.6. The van der Waals surface area contributed by atoms with Gasteiger partial charge < -0.3 is 0 Å². The molecule has 90 valence electrons. The molecule has 1 saturated carbocycles. The van der Waals surface area contributed by atoms with Crippen molar-refractivity contribution in [2.45, 2.75) is 38.3 Å². The molecule has 6 heteroatoms. The lowest BCUT2D eigenvalue weighted by Crippen LogP contribution is -2.15. The van der Waals surface area contributed by atoms with Gasteiger partial charge in [-0.2, -0.15) is 13.5 Å². The molecule has 0 aliphatic heterocycles. The summed E-state index contributed by atoms with van der Waals surface area (Å²) in [4.78, 5) is 0. The number of aryl methyl sites for hydroxylation is 1. The van der Waals surface area contributed by atoms with Crippen LogP contribution in [0.2, 0.25) is 0 Å². The summed E-state index contributed by atoms with van der Waals surface area (Å²) in [6.45, 7) is 1.99. The molecule has 1 aliphatic carbocycles. The van der Waals surface area contributed by atoms with E-state index in [-0.39, 0.29) is 12.1 Å². The number of aromatic nitrogens is 2. The average molecular weight is 244 g/mol. The van der Waals surface area contributed by atoms with Crippen molar-refractivity contribution < 1.29 is 12.6 Å². The third kappa shape index (κ3) is 2.82. The molecule has 0 radical (unpaired) electrons. The summed E-state index contributed by atoms with van der Waals surface area (Å²) in [6.07, 6.45) is 7.10. The van der Waals surface area contributed by atoms with Crippen LogP contribution in [0.1, 0.15) is 30.9 Å². The minimum atomic E-state index is -3.34. The summed E-state index contributed by atoms with van der Waals surface area (Å²) in [6, 6.07) is 0.264. The molecule has 1 aliphatic rings. The Hall–Kier alpha value is -0.880. The number of rotatable bonds is 3. The Labute approximate surface area is 95.5 Å². The van der Waals surface area contributed by atoms with Gasteiger partial charge >= 0.3 is 0 Å². The quantitative estimate of drug-likeness (QED) is 0.751. The van der Waals surface area contributed by atoms with Crippen molar-refractivity contribution in [2.75, 3.05) is 6.26 Å². The zero-order chi connectivity index (χ0) is 11.8. The van der Waals surface area contributed by atoms with Gasteiger partial charge in [0.25, 0.3) is 10.1 Å². The molecule has 0 saturated heterocycles. The molecule has 2 atom stereocenters. The van der Waals surface area contributed by atoms with Crippen LogP contribution < -0.4 is 0 Å². The minimum absolute atomic E-state index is 0.190. The zero-order valence-electron chi connectivity index (χ0n) is 9.46. The number of hydrogen-bond donors (Lipinski definition) is 0. The molecule has 2 rings (SSSR count). The predicted molar refractivity (Wildman–Crippen MR) is 59.6 cm³/mol. The summed E-state index contributed by atoms with van der Waals surface area (Å²) >= 11 is 0. The van der Waals surface area contributed by atoms with Crippen molar-refractivity contribution in [3.8, 4) is 0 Å². The zero-order valence-corrected chi connectivity index (χ0v) is 10.3. The van der Waals surface area contributed by atoms with Crippen LogP contribution in [0.3, 0.4) is 0 Å². The summed E-state index contributed by atoms with van der Waals surface area (Å²) in [5.41, 5.74) is 1.12. The maximum absolute atomic E-state index is 11.0. The highest BCUT2D eigenvalue weighted by Gasteiger charge is 2.29.